The third-order valence-electron chi connectivity index (χ3n) is 2.90. The van der Waals surface area contributed by atoms with Crippen LogP contribution >= 0.6 is 11.6 Å². The van der Waals surface area contributed by atoms with Crippen LogP contribution in [0.1, 0.15) is 15.9 Å². The molecule has 4 N–H and O–H groups in total. The molecule has 2 aromatic carbocycles. The van der Waals surface area contributed by atoms with Gasteiger partial charge in [-0.1, -0.05) is 17.7 Å². The minimum atomic E-state index is -0.422. The van der Waals surface area contributed by atoms with E-state index in [9.17, 15) is 9.18 Å². The molecule has 0 spiro atoms. The standard InChI is InChI=1S/C14H13ClFN3O/c1-8-11(16)3-2-4-12(8)18-14(20)10-7-9(15)5-6-13(10)19-17/h2-7,19H,17H2,1H3,(H,18,20). The van der Waals surface area contributed by atoms with Gasteiger partial charge in [0.2, 0.25) is 0 Å². The Bertz CT molecular complexity index is 661. The zero-order valence-electron chi connectivity index (χ0n) is 10.7. The van der Waals surface area contributed by atoms with Crippen LogP contribution in [0.2, 0.25) is 5.02 Å². The number of nitrogens with one attached hydrogen (secondary N) is 2. The molecule has 0 aliphatic heterocycles. The largest absolute Gasteiger partial charge is 0.323 e. The van der Waals surface area contributed by atoms with Crippen LogP contribution in [0.15, 0.2) is 36.4 Å². The van der Waals surface area contributed by atoms with E-state index in [-0.39, 0.29) is 11.4 Å². The Morgan fingerprint density at radius 3 is 2.70 bits per heavy atom. The number of nitrogen functional groups attached to an aromatic ring is 1. The molecule has 0 bridgehead atoms. The summed E-state index contributed by atoms with van der Waals surface area (Å²) < 4.78 is 13.4. The molecule has 6 heteroatoms. The molecule has 0 saturated heterocycles. The van der Waals surface area contributed by atoms with Gasteiger partial charge in [0.05, 0.1) is 11.3 Å². The Labute approximate surface area is 120 Å². The number of hydrogen-bond acceptors (Lipinski definition) is 3. The lowest BCUT2D eigenvalue weighted by atomic mass is 10.1. The summed E-state index contributed by atoms with van der Waals surface area (Å²) in [6.45, 7) is 1.59. The summed E-state index contributed by atoms with van der Waals surface area (Å²) >= 11 is 5.87. The molecule has 0 fully saturated rings. The van der Waals surface area contributed by atoms with Crippen LogP contribution in [-0.2, 0) is 0 Å². The summed E-state index contributed by atoms with van der Waals surface area (Å²) in [5.74, 6) is 4.55. The van der Waals surface area contributed by atoms with Crippen LogP contribution in [0.5, 0.6) is 0 Å². The van der Waals surface area contributed by atoms with Crippen molar-refractivity contribution in [2.45, 2.75) is 6.92 Å². The molecule has 0 atom stereocenters. The van der Waals surface area contributed by atoms with Crippen molar-refractivity contribution in [3.05, 3.63) is 58.4 Å². The first-order chi connectivity index (χ1) is 9.52. The van der Waals surface area contributed by atoms with Gasteiger partial charge in [-0.25, -0.2) is 4.39 Å². The highest BCUT2D eigenvalue weighted by Gasteiger charge is 2.13. The number of amides is 1. The lowest BCUT2D eigenvalue weighted by Gasteiger charge is -2.12. The monoisotopic (exact) mass is 293 g/mol. The number of hydrazine groups is 1. The third-order valence-corrected chi connectivity index (χ3v) is 3.13. The van der Waals surface area contributed by atoms with Crippen molar-refractivity contribution < 1.29 is 9.18 Å². The molecule has 2 aromatic rings. The van der Waals surface area contributed by atoms with Crippen LogP contribution in [0.4, 0.5) is 15.8 Å². The second kappa shape index (κ2) is 5.90. The SMILES string of the molecule is Cc1c(F)cccc1NC(=O)c1cc(Cl)ccc1NN. The van der Waals surface area contributed by atoms with E-state index in [1.165, 1.54) is 18.2 Å². The molecule has 2 rings (SSSR count). The molecular formula is C14H13ClFN3O. The molecule has 0 aliphatic rings. The van der Waals surface area contributed by atoms with E-state index in [0.29, 0.717) is 22.0 Å². The maximum absolute atomic E-state index is 13.4. The lowest BCUT2D eigenvalue weighted by molar-refractivity contribution is 0.102. The molecule has 0 heterocycles. The van der Waals surface area contributed by atoms with Gasteiger partial charge in [-0.3, -0.25) is 10.6 Å². The number of hydrogen-bond donors (Lipinski definition) is 3. The second-order valence-corrected chi connectivity index (χ2v) is 4.64. The summed E-state index contributed by atoms with van der Waals surface area (Å²) in [5, 5.41) is 3.04. The van der Waals surface area contributed by atoms with Crippen LogP contribution in [0, 0.1) is 12.7 Å². The predicted octanol–water partition coefficient (Wildman–Crippen LogP) is 3.33. The highest BCUT2D eigenvalue weighted by molar-refractivity contribution is 6.31. The van der Waals surface area contributed by atoms with E-state index in [1.807, 2.05) is 0 Å². The van der Waals surface area contributed by atoms with Gasteiger partial charge < -0.3 is 10.7 Å². The number of anilines is 2. The molecule has 0 saturated carbocycles. The normalized spacial score (nSPS) is 10.2. The van der Waals surface area contributed by atoms with Crippen molar-refractivity contribution in [3.63, 3.8) is 0 Å². The zero-order valence-corrected chi connectivity index (χ0v) is 11.5. The smallest absolute Gasteiger partial charge is 0.257 e. The molecule has 4 nitrogen and oxygen atoms in total. The summed E-state index contributed by atoms with van der Waals surface area (Å²) in [6, 6.07) is 9.17. The number of carbonyl (C=O) groups is 1. The first-order valence-corrected chi connectivity index (χ1v) is 6.23. The fourth-order valence-electron chi connectivity index (χ4n) is 1.76. The van der Waals surface area contributed by atoms with Crippen molar-refractivity contribution in [2.24, 2.45) is 5.84 Å². The number of benzene rings is 2. The topological polar surface area (TPSA) is 67.2 Å². The Balaban J connectivity index is 2.33. The minimum absolute atomic E-state index is 0.281. The Hall–Kier alpha value is -2.11. The van der Waals surface area contributed by atoms with Crippen molar-refractivity contribution in [3.8, 4) is 0 Å². The van der Waals surface area contributed by atoms with E-state index >= 15 is 0 Å². The van der Waals surface area contributed by atoms with Crippen molar-refractivity contribution in [1.29, 1.82) is 0 Å². The zero-order chi connectivity index (χ0) is 14.7. The van der Waals surface area contributed by atoms with Gasteiger partial charge >= 0.3 is 0 Å². The van der Waals surface area contributed by atoms with Gasteiger partial charge in [-0.15, -0.1) is 0 Å². The van der Waals surface area contributed by atoms with E-state index in [2.05, 4.69) is 10.7 Å². The fraction of sp³-hybridized carbons (Fsp3) is 0.0714. The van der Waals surface area contributed by atoms with Gasteiger partial charge in [0.1, 0.15) is 5.82 Å². The summed E-state index contributed by atoms with van der Waals surface area (Å²) in [6.07, 6.45) is 0. The molecular weight excluding hydrogens is 281 g/mol. The average molecular weight is 294 g/mol. The molecule has 0 aromatic heterocycles. The maximum atomic E-state index is 13.4. The summed E-state index contributed by atoms with van der Waals surface area (Å²) in [5.41, 5.74) is 3.90. The predicted molar refractivity (Wildman–Crippen MR) is 78.4 cm³/mol. The number of carbonyl (C=O) groups excluding carboxylic acids is 1. The molecule has 0 unspecified atom stereocenters. The average Bonchev–Trinajstić information content (AvgIpc) is 2.43. The van der Waals surface area contributed by atoms with Crippen molar-refractivity contribution >= 4 is 28.9 Å². The molecule has 0 aliphatic carbocycles. The van der Waals surface area contributed by atoms with Gasteiger partial charge in [0.25, 0.3) is 5.91 Å². The van der Waals surface area contributed by atoms with E-state index < -0.39 is 5.91 Å². The number of rotatable bonds is 3. The Morgan fingerprint density at radius 2 is 2.00 bits per heavy atom. The highest BCUT2D eigenvalue weighted by atomic mass is 35.5. The van der Waals surface area contributed by atoms with Crippen molar-refractivity contribution in [2.75, 3.05) is 10.7 Å². The van der Waals surface area contributed by atoms with Crippen LogP contribution < -0.4 is 16.6 Å². The van der Waals surface area contributed by atoms with Crippen LogP contribution in [-0.4, -0.2) is 5.91 Å². The van der Waals surface area contributed by atoms with E-state index in [4.69, 9.17) is 17.4 Å². The van der Waals surface area contributed by atoms with Gasteiger partial charge in [-0.2, -0.15) is 0 Å². The van der Waals surface area contributed by atoms with E-state index in [1.54, 1.807) is 25.1 Å². The lowest BCUT2D eigenvalue weighted by Crippen LogP contribution is -2.17. The minimum Gasteiger partial charge on any atom is -0.323 e. The summed E-state index contributed by atoms with van der Waals surface area (Å²) in [4.78, 5) is 12.2. The van der Waals surface area contributed by atoms with Gasteiger partial charge in [0.15, 0.2) is 0 Å². The van der Waals surface area contributed by atoms with Gasteiger partial charge in [0, 0.05) is 16.3 Å². The maximum Gasteiger partial charge on any atom is 0.257 e. The first-order valence-electron chi connectivity index (χ1n) is 5.85. The van der Waals surface area contributed by atoms with Crippen LogP contribution in [0.25, 0.3) is 0 Å². The summed E-state index contributed by atoms with van der Waals surface area (Å²) in [7, 11) is 0. The quantitative estimate of drug-likeness (QED) is 0.601. The fourth-order valence-corrected chi connectivity index (χ4v) is 1.93. The first kappa shape index (κ1) is 14.3. The van der Waals surface area contributed by atoms with E-state index in [0.717, 1.165) is 0 Å². The highest BCUT2D eigenvalue weighted by Crippen LogP contribution is 2.23. The van der Waals surface area contributed by atoms with Gasteiger partial charge in [-0.05, 0) is 37.3 Å². The third kappa shape index (κ3) is 2.89. The van der Waals surface area contributed by atoms with Crippen molar-refractivity contribution in [1.82, 2.24) is 0 Å². The second-order valence-electron chi connectivity index (χ2n) is 4.20. The Morgan fingerprint density at radius 1 is 1.25 bits per heavy atom. The number of halogens is 2. The number of nitrogens with two attached hydrogens (primary N) is 1. The molecule has 20 heavy (non-hydrogen) atoms. The molecule has 0 radical (unpaired) electrons. The molecule has 1 amide bonds. The Kier molecular flexibility index (Phi) is 4.22. The van der Waals surface area contributed by atoms with Crippen LogP contribution in [0.3, 0.4) is 0 Å². The molecule has 104 valence electrons.